The molecule has 0 atom stereocenters. The summed E-state index contributed by atoms with van der Waals surface area (Å²) in [5.74, 6) is 0. The van der Waals surface area contributed by atoms with Crippen molar-refractivity contribution in [3.05, 3.63) is 60.7 Å². The molecule has 0 aliphatic carbocycles. The van der Waals surface area contributed by atoms with Gasteiger partial charge in [0.2, 0.25) is 0 Å². The first-order chi connectivity index (χ1) is 7.21. The molecule has 0 spiro atoms. The van der Waals surface area contributed by atoms with Crippen LogP contribution in [-0.2, 0) is 9.73 Å². The molecule has 16 heavy (non-hydrogen) atoms. The van der Waals surface area contributed by atoms with E-state index >= 15 is 0 Å². The fourth-order valence-corrected chi connectivity index (χ4v) is 2.71. The second-order valence-electron chi connectivity index (χ2n) is 3.18. The van der Waals surface area contributed by atoms with Gasteiger partial charge in [-0.3, -0.25) is 0 Å². The minimum atomic E-state index is -2.84. The van der Waals surface area contributed by atoms with Crippen LogP contribution in [-0.4, -0.2) is 4.21 Å². The van der Waals surface area contributed by atoms with Crippen molar-refractivity contribution in [1.82, 2.24) is 0 Å². The molecule has 0 aliphatic heterocycles. The normalized spacial score (nSPS) is 10.5. The van der Waals surface area contributed by atoms with E-state index in [9.17, 15) is 4.21 Å². The maximum absolute atomic E-state index is 12.3. The van der Waals surface area contributed by atoms with Gasteiger partial charge >= 0.3 is 0 Å². The smallest absolute Gasteiger partial charge is 0.101 e. The van der Waals surface area contributed by atoms with Crippen molar-refractivity contribution >= 4 is 22.1 Å². The van der Waals surface area contributed by atoms with Crippen LogP contribution in [0.3, 0.4) is 0 Å². The van der Waals surface area contributed by atoms with Gasteiger partial charge in [0.1, 0.15) is 9.73 Å². The lowest BCUT2D eigenvalue weighted by Crippen LogP contribution is -1.98. The molecule has 0 aromatic heterocycles. The molecule has 84 valence electrons. The third kappa shape index (κ3) is 2.43. The molecular weight excluding hydrogens is 242 g/mol. The third-order valence-electron chi connectivity index (χ3n) is 2.15. The van der Waals surface area contributed by atoms with E-state index in [1.54, 1.807) is 48.5 Å². The van der Waals surface area contributed by atoms with E-state index in [4.69, 9.17) is 4.78 Å². The summed E-state index contributed by atoms with van der Waals surface area (Å²) in [4.78, 5) is 1.10. The summed E-state index contributed by atoms with van der Waals surface area (Å²) in [7, 11) is -2.84. The summed E-state index contributed by atoms with van der Waals surface area (Å²) >= 11 is 0. The molecule has 0 aliphatic rings. The third-order valence-corrected chi connectivity index (χ3v) is 4.02. The van der Waals surface area contributed by atoms with Gasteiger partial charge in [0.05, 0.1) is 9.79 Å². The molecule has 0 saturated heterocycles. The van der Waals surface area contributed by atoms with Gasteiger partial charge in [0.25, 0.3) is 0 Å². The molecule has 0 saturated carbocycles. The first-order valence-electron chi connectivity index (χ1n) is 4.60. The van der Waals surface area contributed by atoms with Gasteiger partial charge in [-0.15, -0.1) is 12.4 Å². The molecule has 0 unspecified atom stereocenters. The number of hydrogen-bond donors (Lipinski definition) is 1. The second kappa shape index (κ2) is 5.14. The minimum absolute atomic E-state index is 0. The highest BCUT2D eigenvalue weighted by Gasteiger charge is 2.11. The van der Waals surface area contributed by atoms with Gasteiger partial charge in [-0.05, 0) is 24.3 Å². The van der Waals surface area contributed by atoms with Crippen LogP contribution < -0.4 is 0 Å². The lowest BCUT2D eigenvalue weighted by atomic mass is 10.4. The average Bonchev–Trinajstić information content (AvgIpc) is 2.31. The maximum atomic E-state index is 12.3. The average molecular weight is 254 g/mol. The lowest BCUT2D eigenvalue weighted by molar-refractivity contribution is 0.674. The zero-order valence-corrected chi connectivity index (χ0v) is 10.1. The summed E-state index contributed by atoms with van der Waals surface area (Å²) in [5.41, 5.74) is 0. The van der Waals surface area contributed by atoms with Gasteiger partial charge in [-0.1, -0.05) is 36.4 Å². The molecule has 4 heteroatoms. The van der Waals surface area contributed by atoms with Crippen LogP contribution in [0.1, 0.15) is 0 Å². The maximum Gasteiger partial charge on any atom is 0.101 e. The molecule has 2 aromatic rings. The molecule has 0 bridgehead atoms. The Kier molecular flexibility index (Phi) is 4.10. The van der Waals surface area contributed by atoms with E-state index < -0.39 is 9.73 Å². The van der Waals surface area contributed by atoms with Crippen LogP contribution >= 0.6 is 12.4 Å². The molecule has 1 N–H and O–H groups in total. The Morgan fingerprint density at radius 1 is 0.750 bits per heavy atom. The van der Waals surface area contributed by atoms with Crippen LogP contribution in [0.4, 0.5) is 0 Å². The van der Waals surface area contributed by atoms with Crippen molar-refractivity contribution < 1.29 is 4.21 Å². The first-order valence-corrected chi connectivity index (χ1v) is 6.16. The topological polar surface area (TPSA) is 40.9 Å². The molecule has 0 fully saturated rings. The molecular formula is C12H12ClNOS. The molecule has 0 amide bonds. The molecule has 2 rings (SSSR count). The Labute approximate surface area is 102 Å². The second-order valence-corrected chi connectivity index (χ2v) is 5.24. The van der Waals surface area contributed by atoms with Crippen molar-refractivity contribution in [3.63, 3.8) is 0 Å². The number of hydrogen-bond acceptors (Lipinski definition) is 2. The standard InChI is InChI=1S/C12H11NOS.ClH/c13-15(14,11-7-3-1-4-8-11)12-9-5-2-6-10-12;/h1-10,13H;1H. The fraction of sp³-hybridized carbons (Fsp3) is 0. The van der Waals surface area contributed by atoms with Crippen molar-refractivity contribution in [2.24, 2.45) is 0 Å². The van der Waals surface area contributed by atoms with Crippen LogP contribution in [0, 0.1) is 4.78 Å². The van der Waals surface area contributed by atoms with Gasteiger partial charge in [0.15, 0.2) is 0 Å². The number of benzene rings is 2. The predicted octanol–water partition coefficient (Wildman–Crippen LogP) is 3.57. The summed E-state index contributed by atoms with van der Waals surface area (Å²) in [6.07, 6.45) is 0. The Morgan fingerprint density at radius 2 is 1.06 bits per heavy atom. The molecule has 0 radical (unpaired) electrons. The Morgan fingerprint density at radius 3 is 1.38 bits per heavy atom. The van der Waals surface area contributed by atoms with Gasteiger partial charge < -0.3 is 0 Å². The Balaban J connectivity index is 0.00000128. The summed E-state index contributed by atoms with van der Waals surface area (Å²) in [6.45, 7) is 0. The van der Waals surface area contributed by atoms with Crippen molar-refractivity contribution in [2.75, 3.05) is 0 Å². The Bertz CT molecular complexity index is 492. The summed E-state index contributed by atoms with van der Waals surface area (Å²) < 4.78 is 20.2. The highest BCUT2D eigenvalue weighted by molar-refractivity contribution is 7.92. The van der Waals surface area contributed by atoms with E-state index in [0.29, 0.717) is 9.79 Å². The SMILES string of the molecule is Cl.N=S(=O)(c1ccccc1)c1ccccc1. The predicted molar refractivity (Wildman–Crippen MR) is 67.5 cm³/mol. The monoisotopic (exact) mass is 253 g/mol. The highest BCUT2D eigenvalue weighted by atomic mass is 35.5. The Hall–Kier alpha value is -1.32. The summed E-state index contributed by atoms with van der Waals surface area (Å²) in [6, 6.07) is 17.8. The quantitative estimate of drug-likeness (QED) is 0.873. The van der Waals surface area contributed by atoms with Crippen molar-refractivity contribution in [1.29, 1.82) is 4.78 Å². The van der Waals surface area contributed by atoms with Gasteiger partial charge in [-0.2, -0.15) is 0 Å². The highest BCUT2D eigenvalue weighted by Crippen LogP contribution is 2.20. The van der Waals surface area contributed by atoms with E-state index in [2.05, 4.69) is 0 Å². The van der Waals surface area contributed by atoms with Crippen LogP contribution in [0.5, 0.6) is 0 Å². The zero-order valence-electron chi connectivity index (χ0n) is 8.50. The van der Waals surface area contributed by atoms with Crippen molar-refractivity contribution in [3.8, 4) is 0 Å². The van der Waals surface area contributed by atoms with Crippen LogP contribution in [0.2, 0.25) is 0 Å². The summed E-state index contributed by atoms with van der Waals surface area (Å²) in [5, 5.41) is 0. The van der Waals surface area contributed by atoms with Gasteiger partial charge in [0, 0.05) is 0 Å². The fourth-order valence-electron chi connectivity index (χ4n) is 1.36. The lowest BCUT2D eigenvalue weighted by Gasteiger charge is -2.06. The number of nitrogens with one attached hydrogen (secondary N) is 1. The minimum Gasteiger partial charge on any atom is -0.245 e. The molecule has 2 aromatic carbocycles. The number of rotatable bonds is 2. The van der Waals surface area contributed by atoms with E-state index in [-0.39, 0.29) is 12.4 Å². The molecule has 2 nitrogen and oxygen atoms in total. The largest absolute Gasteiger partial charge is 0.245 e. The van der Waals surface area contributed by atoms with E-state index in [1.807, 2.05) is 12.1 Å². The first kappa shape index (κ1) is 12.7. The number of halogens is 1. The zero-order chi connectivity index (χ0) is 10.7. The van der Waals surface area contributed by atoms with E-state index in [1.165, 1.54) is 0 Å². The van der Waals surface area contributed by atoms with Crippen LogP contribution in [0.15, 0.2) is 70.5 Å². The molecule has 0 heterocycles. The van der Waals surface area contributed by atoms with Gasteiger partial charge in [-0.25, -0.2) is 8.99 Å². The van der Waals surface area contributed by atoms with E-state index in [0.717, 1.165) is 0 Å². The van der Waals surface area contributed by atoms with Crippen molar-refractivity contribution in [2.45, 2.75) is 9.79 Å². The van der Waals surface area contributed by atoms with Crippen LogP contribution in [0.25, 0.3) is 0 Å².